The van der Waals surface area contributed by atoms with E-state index in [1.807, 2.05) is 18.4 Å². The lowest BCUT2D eigenvalue weighted by molar-refractivity contribution is -0.117. The highest BCUT2D eigenvalue weighted by Gasteiger charge is 2.12. The van der Waals surface area contributed by atoms with Crippen LogP contribution in [0.15, 0.2) is 5.38 Å². The fourth-order valence-electron chi connectivity index (χ4n) is 0.684. The molecule has 5 heteroatoms. The second-order valence-corrected chi connectivity index (χ2v) is 3.49. The first-order valence-corrected chi connectivity index (χ1v) is 4.64. The predicted molar refractivity (Wildman–Crippen MR) is 50.3 cm³/mol. The Bertz CT molecular complexity index is 353. The molecule has 0 aromatic carbocycles. The number of hydrogen-bond acceptors (Lipinski definition) is 4. The zero-order valence-electron chi connectivity index (χ0n) is 7.37. The van der Waals surface area contributed by atoms with Gasteiger partial charge in [-0.05, 0) is 13.8 Å². The van der Waals surface area contributed by atoms with Gasteiger partial charge in [0.2, 0.25) is 5.91 Å². The van der Waals surface area contributed by atoms with E-state index in [1.165, 1.54) is 11.3 Å². The predicted octanol–water partition coefficient (Wildman–Crippen LogP) is 1.55. The van der Waals surface area contributed by atoms with Gasteiger partial charge in [-0.3, -0.25) is 4.79 Å². The summed E-state index contributed by atoms with van der Waals surface area (Å²) in [6.07, 6.45) is 0. The van der Waals surface area contributed by atoms with Crippen molar-refractivity contribution in [2.24, 2.45) is 5.92 Å². The number of thiazole rings is 1. The largest absolute Gasteiger partial charge is 0.301 e. The van der Waals surface area contributed by atoms with Crippen molar-refractivity contribution < 1.29 is 4.79 Å². The summed E-state index contributed by atoms with van der Waals surface area (Å²) in [5.41, 5.74) is 0.866. The second-order valence-electron chi connectivity index (χ2n) is 2.63. The van der Waals surface area contributed by atoms with Gasteiger partial charge in [-0.1, -0.05) is 0 Å². The summed E-state index contributed by atoms with van der Waals surface area (Å²) in [5, 5.41) is 13.4. The Balaban J connectivity index is 2.61. The number of aryl methyl sites for hydroxylation is 1. The maximum atomic E-state index is 11.2. The lowest BCUT2D eigenvalue weighted by atomic mass is 10.2. The van der Waals surface area contributed by atoms with Crippen molar-refractivity contribution >= 4 is 22.4 Å². The van der Waals surface area contributed by atoms with Gasteiger partial charge in [-0.15, -0.1) is 11.3 Å². The Morgan fingerprint density at radius 3 is 3.00 bits per heavy atom. The van der Waals surface area contributed by atoms with Crippen LogP contribution in [0.3, 0.4) is 0 Å². The molecule has 1 rings (SSSR count). The number of aromatic nitrogens is 1. The third-order valence-electron chi connectivity index (χ3n) is 1.44. The van der Waals surface area contributed by atoms with E-state index < -0.39 is 5.92 Å². The van der Waals surface area contributed by atoms with E-state index in [4.69, 9.17) is 5.26 Å². The van der Waals surface area contributed by atoms with Gasteiger partial charge in [0, 0.05) is 5.38 Å². The van der Waals surface area contributed by atoms with E-state index in [1.54, 1.807) is 6.92 Å². The van der Waals surface area contributed by atoms with Crippen LogP contribution in [-0.2, 0) is 4.79 Å². The minimum atomic E-state index is -0.635. The summed E-state index contributed by atoms with van der Waals surface area (Å²) in [4.78, 5) is 15.2. The average Bonchev–Trinajstić information content (AvgIpc) is 2.49. The topological polar surface area (TPSA) is 65.8 Å². The molecule has 4 nitrogen and oxygen atoms in total. The van der Waals surface area contributed by atoms with Crippen molar-refractivity contribution in [3.63, 3.8) is 0 Å². The Morgan fingerprint density at radius 2 is 2.54 bits per heavy atom. The van der Waals surface area contributed by atoms with E-state index in [9.17, 15) is 4.79 Å². The molecule has 1 amide bonds. The quantitative estimate of drug-likeness (QED) is 0.778. The summed E-state index contributed by atoms with van der Waals surface area (Å²) in [5.74, 6) is -0.943. The number of nitrogens with zero attached hydrogens (tertiary/aromatic N) is 2. The summed E-state index contributed by atoms with van der Waals surface area (Å²) in [6, 6.07) is 1.86. The van der Waals surface area contributed by atoms with Gasteiger partial charge < -0.3 is 5.32 Å². The van der Waals surface area contributed by atoms with Crippen molar-refractivity contribution in [1.29, 1.82) is 5.26 Å². The standard InChI is InChI=1S/C8H9N3OS/c1-5(3-9)7(12)11-8-10-6(2)4-13-8/h4-5H,1-2H3,(H,10,11,12). The Labute approximate surface area is 80.2 Å². The zero-order chi connectivity index (χ0) is 9.84. The number of amides is 1. The van der Waals surface area contributed by atoms with E-state index in [2.05, 4.69) is 10.3 Å². The highest BCUT2D eigenvalue weighted by atomic mass is 32.1. The van der Waals surface area contributed by atoms with Crippen molar-refractivity contribution in [3.8, 4) is 6.07 Å². The van der Waals surface area contributed by atoms with Gasteiger partial charge in [0.1, 0.15) is 5.92 Å². The smallest absolute Gasteiger partial charge is 0.243 e. The third-order valence-corrected chi connectivity index (χ3v) is 2.31. The van der Waals surface area contributed by atoms with E-state index in [0.29, 0.717) is 5.13 Å². The van der Waals surface area contributed by atoms with E-state index in [0.717, 1.165) is 5.69 Å². The van der Waals surface area contributed by atoms with Crippen LogP contribution in [0.1, 0.15) is 12.6 Å². The molecule has 1 aromatic rings. The molecular formula is C8H9N3OS. The first-order valence-electron chi connectivity index (χ1n) is 3.76. The third kappa shape index (κ3) is 2.53. The fourth-order valence-corrected chi connectivity index (χ4v) is 1.37. The molecule has 1 N–H and O–H groups in total. The van der Waals surface area contributed by atoms with Gasteiger partial charge in [0.15, 0.2) is 5.13 Å². The minimum Gasteiger partial charge on any atom is -0.301 e. The summed E-state index contributed by atoms with van der Waals surface area (Å²) >= 11 is 1.35. The van der Waals surface area contributed by atoms with Crippen LogP contribution in [0.2, 0.25) is 0 Å². The molecule has 0 saturated carbocycles. The maximum Gasteiger partial charge on any atom is 0.243 e. The molecule has 0 aliphatic rings. The molecule has 0 aliphatic carbocycles. The van der Waals surface area contributed by atoms with Crippen molar-refractivity contribution in [2.75, 3.05) is 5.32 Å². The molecule has 0 spiro atoms. The molecule has 0 fully saturated rings. The molecule has 0 saturated heterocycles. The lowest BCUT2D eigenvalue weighted by Crippen LogP contribution is -2.18. The van der Waals surface area contributed by atoms with Gasteiger partial charge >= 0.3 is 0 Å². The highest BCUT2D eigenvalue weighted by Crippen LogP contribution is 2.14. The highest BCUT2D eigenvalue weighted by molar-refractivity contribution is 7.13. The molecule has 1 aromatic heterocycles. The number of nitriles is 1. The molecular weight excluding hydrogens is 186 g/mol. The van der Waals surface area contributed by atoms with Crippen molar-refractivity contribution in [1.82, 2.24) is 4.98 Å². The van der Waals surface area contributed by atoms with Gasteiger partial charge in [-0.25, -0.2) is 4.98 Å². The summed E-state index contributed by atoms with van der Waals surface area (Å²) in [7, 11) is 0. The fraction of sp³-hybridized carbons (Fsp3) is 0.375. The maximum absolute atomic E-state index is 11.2. The molecule has 1 atom stereocenters. The minimum absolute atomic E-state index is 0.308. The molecule has 0 bridgehead atoms. The number of carbonyl (C=O) groups excluding carboxylic acids is 1. The van der Waals surface area contributed by atoms with Crippen LogP contribution in [0.25, 0.3) is 0 Å². The average molecular weight is 195 g/mol. The van der Waals surface area contributed by atoms with Gasteiger partial charge in [0.05, 0.1) is 11.8 Å². The number of hydrogen-bond donors (Lipinski definition) is 1. The second kappa shape index (κ2) is 4.01. The van der Waals surface area contributed by atoms with Crippen LogP contribution in [-0.4, -0.2) is 10.9 Å². The van der Waals surface area contributed by atoms with E-state index >= 15 is 0 Å². The Hall–Kier alpha value is -1.41. The van der Waals surface area contributed by atoms with E-state index in [-0.39, 0.29) is 5.91 Å². The van der Waals surface area contributed by atoms with Crippen molar-refractivity contribution in [3.05, 3.63) is 11.1 Å². The van der Waals surface area contributed by atoms with Crippen LogP contribution in [0.5, 0.6) is 0 Å². The molecule has 13 heavy (non-hydrogen) atoms. The number of nitrogens with one attached hydrogen (secondary N) is 1. The monoisotopic (exact) mass is 195 g/mol. The summed E-state index contributed by atoms with van der Waals surface area (Å²) < 4.78 is 0. The first-order chi connectivity index (χ1) is 6.13. The van der Waals surface area contributed by atoms with Crippen LogP contribution in [0, 0.1) is 24.2 Å². The molecule has 1 heterocycles. The van der Waals surface area contributed by atoms with Crippen molar-refractivity contribution in [2.45, 2.75) is 13.8 Å². The number of anilines is 1. The van der Waals surface area contributed by atoms with Gasteiger partial charge in [-0.2, -0.15) is 5.26 Å². The summed E-state index contributed by atoms with van der Waals surface area (Å²) in [6.45, 7) is 3.40. The molecule has 0 radical (unpaired) electrons. The Kier molecular flexibility index (Phi) is 2.98. The first kappa shape index (κ1) is 9.68. The molecule has 68 valence electrons. The lowest BCUT2D eigenvalue weighted by Gasteiger charge is -2.00. The normalized spacial score (nSPS) is 11.8. The van der Waals surface area contributed by atoms with Crippen LogP contribution < -0.4 is 5.32 Å². The molecule has 0 aliphatic heterocycles. The number of rotatable bonds is 2. The van der Waals surface area contributed by atoms with Crippen LogP contribution in [0.4, 0.5) is 5.13 Å². The van der Waals surface area contributed by atoms with Crippen LogP contribution >= 0.6 is 11.3 Å². The SMILES string of the molecule is Cc1csc(NC(=O)C(C)C#N)n1. The molecule has 1 unspecified atom stereocenters. The Morgan fingerprint density at radius 1 is 1.85 bits per heavy atom. The number of carbonyl (C=O) groups is 1. The van der Waals surface area contributed by atoms with Gasteiger partial charge in [0.25, 0.3) is 0 Å². The zero-order valence-corrected chi connectivity index (χ0v) is 8.18.